The lowest BCUT2D eigenvalue weighted by atomic mass is 9.69. The van der Waals surface area contributed by atoms with E-state index in [0.717, 1.165) is 30.1 Å². The zero-order valence-electron chi connectivity index (χ0n) is 16.3. The number of nitrogens with zero attached hydrogens (tertiary/aromatic N) is 2. The number of fused-ring (bicyclic) bond motifs is 1. The number of aliphatic imine (C=N–C) groups is 1. The van der Waals surface area contributed by atoms with E-state index in [1.165, 1.54) is 27.8 Å². The van der Waals surface area contributed by atoms with Crippen molar-refractivity contribution >= 4 is 43.8 Å². The number of carbonyl (C=O) groups excluding carboxylic acids is 1. The van der Waals surface area contributed by atoms with E-state index in [0.29, 0.717) is 12.3 Å². The Bertz CT molecular complexity index is 713. The molecule has 148 valence electrons. The summed E-state index contributed by atoms with van der Waals surface area (Å²) < 4.78 is 28.2. The molecule has 26 heavy (non-hydrogen) atoms. The molecule has 3 aliphatic rings. The first kappa shape index (κ1) is 20.5. The second-order valence-electron chi connectivity index (χ2n) is 8.36. The van der Waals surface area contributed by atoms with Crippen molar-refractivity contribution in [1.82, 2.24) is 4.31 Å². The van der Waals surface area contributed by atoms with Crippen LogP contribution in [-0.2, 0) is 14.8 Å². The van der Waals surface area contributed by atoms with Gasteiger partial charge in [0.2, 0.25) is 10.0 Å². The molecule has 1 heterocycles. The molecule has 1 saturated heterocycles. The Morgan fingerprint density at radius 1 is 1.31 bits per heavy atom. The third-order valence-electron chi connectivity index (χ3n) is 7.09. The van der Waals surface area contributed by atoms with Crippen LogP contribution in [0.5, 0.6) is 0 Å². The predicted octanol–water partition coefficient (Wildman–Crippen LogP) is 3.60. The fraction of sp³-hybridized carbons (Fsp3) is 0.889. The summed E-state index contributed by atoms with van der Waals surface area (Å²) in [7, 11) is -3.57. The second-order valence-corrected chi connectivity index (χ2v) is 12.1. The van der Waals surface area contributed by atoms with E-state index in [2.05, 4.69) is 18.8 Å². The maximum atomic E-state index is 13.4. The Morgan fingerprint density at radius 3 is 2.50 bits per heavy atom. The van der Waals surface area contributed by atoms with Crippen molar-refractivity contribution in [2.45, 2.75) is 65.0 Å². The summed E-state index contributed by atoms with van der Waals surface area (Å²) >= 11 is 3.01. The lowest BCUT2D eigenvalue weighted by molar-refractivity contribution is -0.130. The number of thioether (sulfide) groups is 2. The molecule has 3 rings (SSSR count). The Labute approximate surface area is 166 Å². The Kier molecular flexibility index (Phi) is 5.52. The van der Waals surface area contributed by atoms with Gasteiger partial charge in [-0.25, -0.2) is 12.7 Å². The number of carbonyl (C=O) groups is 1. The van der Waals surface area contributed by atoms with Gasteiger partial charge in [0, 0.05) is 5.41 Å². The molecule has 2 bridgehead atoms. The highest BCUT2D eigenvalue weighted by Gasteiger charge is 2.72. The van der Waals surface area contributed by atoms with Crippen LogP contribution in [0.2, 0.25) is 0 Å². The molecule has 1 amide bonds. The van der Waals surface area contributed by atoms with Crippen LogP contribution in [0.25, 0.3) is 0 Å². The summed E-state index contributed by atoms with van der Waals surface area (Å²) in [4.78, 5) is 18.0. The monoisotopic (exact) mass is 418 g/mol. The number of sulfonamides is 1. The van der Waals surface area contributed by atoms with Gasteiger partial charge in [0.25, 0.3) is 5.91 Å². The van der Waals surface area contributed by atoms with Gasteiger partial charge in [-0.05, 0) is 49.5 Å². The van der Waals surface area contributed by atoms with Crippen molar-refractivity contribution in [3.05, 3.63) is 0 Å². The molecule has 1 spiro atoms. The molecule has 3 fully saturated rings. The molecule has 3 unspecified atom stereocenters. The summed E-state index contributed by atoms with van der Waals surface area (Å²) in [6.07, 6.45) is 8.07. The molecule has 0 aromatic heterocycles. The molecule has 5 nitrogen and oxygen atoms in total. The van der Waals surface area contributed by atoms with Gasteiger partial charge in [-0.15, -0.1) is 23.5 Å². The summed E-state index contributed by atoms with van der Waals surface area (Å²) in [5, 5.41) is 0. The van der Waals surface area contributed by atoms with Crippen LogP contribution >= 0.6 is 23.5 Å². The zero-order valence-corrected chi connectivity index (χ0v) is 18.8. The Balaban J connectivity index is 1.97. The largest absolute Gasteiger partial charge is 0.271 e. The van der Waals surface area contributed by atoms with Crippen molar-refractivity contribution in [2.24, 2.45) is 21.7 Å². The molecule has 8 heteroatoms. The standard InChI is InChI=1S/C18H30N2O3S3/c1-6-7-13(19-16(24-4)25-5)15(21)20-14-10-12-8-9-18(14,17(12,2)3)11-26(20,22)23/h12-14H,6-11H2,1-5H3/t12?,13-,14?,18?/m0/s1. The van der Waals surface area contributed by atoms with Gasteiger partial charge in [-0.3, -0.25) is 9.79 Å². The molecule has 1 aliphatic heterocycles. The topological polar surface area (TPSA) is 66.8 Å². The number of hydrogen-bond acceptors (Lipinski definition) is 6. The van der Waals surface area contributed by atoms with Crippen LogP contribution in [0.1, 0.15) is 52.9 Å². The van der Waals surface area contributed by atoms with E-state index in [1.54, 1.807) is 0 Å². The average molecular weight is 419 g/mol. The van der Waals surface area contributed by atoms with Crippen LogP contribution < -0.4 is 0 Å². The molecular formula is C18H30N2O3S3. The van der Waals surface area contributed by atoms with E-state index < -0.39 is 16.1 Å². The highest BCUT2D eigenvalue weighted by atomic mass is 32.2. The third kappa shape index (κ3) is 2.85. The van der Waals surface area contributed by atoms with E-state index in [-0.39, 0.29) is 28.5 Å². The minimum absolute atomic E-state index is 0.0208. The molecule has 2 aliphatic carbocycles. The molecule has 0 N–H and O–H groups in total. The smallest absolute Gasteiger partial charge is 0.261 e. The fourth-order valence-electron chi connectivity index (χ4n) is 5.56. The van der Waals surface area contributed by atoms with Crippen molar-refractivity contribution in [2.75, 3.05) is 18.3 Å². The first-order valence-corrected chi connectivity index (χ1v) is 13.4. The predicted molar refractivity (Wildman–Crippen MR) is 111 cm³/mol. The summed E-state index contributed by atoms with van der Waals surface area (Å²) in [5.41, 5.74) is -0.290. The first-order valence-electron chi connectivity index (χ1n) is 9.36. The van der Waals surface area contributed by atoms with Gasteiger partial charge in [0.15, 0.2) is 0 Å². The van der Waals surface area contributed by atoms with E-state index in [1.807, 2.05) is 19.4 Å². The molecule has 0 radical (unpaired) electrons. The minimum atomic E-state index is -3.57. The van der Waals surface area contributed by atoms with E-state index in [4.69, 9.17) is 0 Å². The fourth-order valence-corrected chi connectivity index (χ4v) is 9.26. The summed E-state index contributed by atoms with van der Waals surface area (Å²) in [5.74, 6) is 0.331. The summed E-state index contributed by atoms with van der Waals surface area (Å²) in [6, 6.07) is -0.766. The van der Waals surface area contributed by atoms with Gasteiger partial charge < -0.3 is 0 Å². The number of amides is 1. The van der Waals surface area contributed by atoms with Crippen LogP contribution in [0.3, 0.4) is 0 Å². The van der Waals surface area contributed by atoms with Crippen LogP contribution in [-0.4, -0.2) is 53.4 Å². The molecule has 0 aromatic rings. The second kappa shape index (κ2) is 6.99. The Hall–Kier alpha value is -0.210. The average Bonchev–Trinajstić information content (AvgIpc) is 3.05. The van der Waals surface area contributed by atoms with Gasteiger partial charge in [0.1, 0.15) is 10.4 Å². The van der Waals surface area contributed by atoms with Crippen LogP contribution in [0.4, 0.5) is 0 Å². The first-order chi connectivity index (χ1) is 12.1. The lowest BCUT2D eigenvalue weighted by Gasteiger charge is -2.37. The molecule has 2 saturated carbocycles. The van der Waals surface area contributed by atoms with Gasteiger partial charge in [-0.2, -0.15) is 0 Å². The quantitative estimate of drug-likeness (QED) is 0.515. The number of rotatable bonds is 4. The molecule has 0 aromatic carbocycles. The van der Waals surface area contributed by atoms with Gasteiger partial charge in [-0.1, -0.05) is 27.2 Å². The minimum Gasteiger partial charge on any atom is -0.271 e. The maximum Gasteiger partial charge on any atom is 0.261 e. The van der Waals surface area contributed by atoms with Crippen molar-refractivity contribution in [3.8, 4) is 0 Å². The van der Waals surface area contributed by atoms with Gasteiger partial charge >= 0.3 is 0 Å². The SMILES string of the molecule is CCC[C@H](N=C(SC)SC)C(=O)N1C2CC3CCC2(CS1(=O)=O)C3(C)C. The third-order valence-corrected chi connectivity index (χ3v) is 10.9. The van der Waals surface area contributed by atoms with Gasteiger partial charge in [0.05, 0.1) is 11.8 Å². The van der Waals surface area contributed by atoms with E-state index >= 15 is 0 Å². The van der Waals surface area contributed by atoms with Crippen molar-refractivity contribution < 1.29 is 13.2 Å². The Morgan fingerprint density at radius 2 is 1.96 bits per heavy atom. The zero-order chi connectivity index (χ0) is 19.3. The normalized spacial score (nSPS) is 34.6. The molecule has 4 atom stereocenters. The number of hydrogen-bond donors (Lipinski definition) is 0. The van der Waals surface area contributed by atoms with Crippen molar-refractivity contribution in [3.63, 3.8) is 0 Å². The van der Waals surface area contributed by atoms with E-state index in [9.17, 15) is 13.2 Å². The van der Waals surface area contributed by atoms with Crippen LogP contribution in [0, 0.1) is 16.7 Å². The highest BCUT2D eigenvalue weighted by molar-refractivity contribution is 8.38. The highest BCUT2D eigenvalue weighted by Crippen LogP contribution is 2.70. The van der Waals surface area contributed by atoms with Crippen LogP contribution in [0.15, 0.2) is 4.99 Å². The summed E-state index contributed by atoms with van der Waals surface area (Å²) in [6.45, 7) is 6.42. The van der Waals surface area contributed by atoms with Crippen molar-refractivity contribution in [1.29, 1.82) is 0 Å². The molecular weight excluding hydrogens is 388 g/mol. The lowest BCUT2D eigenvalue weighted by Crippen LogP contribution is -2.47. The maximum absolute atomic E-state index is 13.4.